The van der Waals surface area contributed by atoms with Crippen LogP contribution in [0.2, 0.25) is 0 Å². The fourth-order valence-corrected chi connectivity index (χ4v) is 6.61. The molecule has 4 amide bonds. The van der Waals surface area contributed by atoms with Crippen LogP contribution >= 0.6 is 23.5 Å². The van der Waals surface area contributed by atoms with Gasteiger partial charge in [0.2, 0.25) is 4.08 Å². The number of nitrogens with zero attached hydrogens (tertiary/aromatic N) is 2. The average Bonchev–Trinajstić information content (AvgIpc) is 2.84. The van der Waals surface area contributed by atoms with Crippen molar-refractivity contribution in [3.8, 4) is 0 Å². The first kappa shape index (κ1) is 22.4. The molecule has 1 spiro atoms. The van der Waals surface area contributed by atoms with E-state index in [0.717, 1.165) is 21.8 Å². The van der Waals surface area contributed by atoms with Crippen molar-refractivity contribution in [3.05, 3.63) is 65.7 Å². The molecule has 9 heteroatoms. The highest BCUT2D eigenvalue weighted by Gasteiger charge is 2.59. The number of carbonyl (C=O) groups excluding carboxylic acids is 4. The third-order valence-corrected chi connectivity index (χ3v) is 8.43. The topological polar surface area (TPSA) is 84.0 Å². The van der Waals surface area contributed by atoms with E-state index in [0.29, 0.717) is 22.8 Å². The second kappa shape index (κ2) is 9.38. The lowest BCUT2D eigenvalue weighted by Gasteiger charge is -2.44. The van der Waals surface area contributed by atoms with Gasteiger partial charge < -0.3 is 4.74 Å². The predicted octanol–water partition coefficient (Wildman–Crippen LogP) is 3.93. The summed E-state index contributed by atoms with van der Waals surface area (Å²) in [6, 6.07) is 14.8. The Kier molecular flexibility index (Phi) is 6.57. The first-order valence-corrected chi connectivity index (χ1v) is 12.2. The third-order valence-electron chi connectivity index (χ3n) is 5.22. The molecule has 166 valence electrons. The van der Waals surface area contributed by atoms with Gasteiger partial charge in [-0.2, -0.15) is 0 Å². The molecule has 0 atom stereocenters. The summed E-state index contributed by atoms with van der Waals surface area (Å²) in [5.74, 6) is -0.141. The monoisotopic (exact) mass is 470 g/mol. The number of hydrogen-bond acceptors (Lipinski definition) is 7. The number of rotatable bonds is 5. The summed E-state index contributed by atoms with van der Waals surface area (Å²) in [5, 5.41) is 0. The van der Waals surface area contributed by atoms with E-state index in [-0.39, 0.29) is 13.2 Å². The quantitative estimate of drug-likeness (QED) is 0.484. The smallest absolute Gasteiger partial charge is 0.338 e. The van der Waals surface area contributed by atoms with Crippen LogP contribution in [0.3, 0.4) is 0 Å². The van der Waals surface area contributed by atoms with Gasteiger partial charge in [0.1, 0.15) is 6.61 Å². The molecule has 2 aliphatic rings. The van der Waals surface area contributed by atoms with Crippen LogP contribution in [-0.4, -0.2) is 50.8 Å². The van der Waals surface area contributed by atoms with E-state index in [2.05, 4.69) is 0 Å². The van der Waals surface area contributed by atoms with Crippen molar-refractivity contribution >= 4 is 53.0 Å². The molecule has 2 saturated heterocycles. The molecule has 0 aliphatic carbocycles. The molecule has 2 aliphatic heterocycles. The van der Waals surface area contributed by atoms with E-state index in [1.807, 2.05) is 30.3 Å². The van der Waals surface area contributed by atoms with Gasteiger partial charge in [-0.25, -0.2) is 14.5 Å². The molecule has 2 aromatic rings. The van der Waals surface area contributed by atoms with Crippen LogP contribution in [-0.2, 0) is 20.9 Å². The molecule has 0 N–H and O–H groups in total. The molecule has 7 nitrogen and oxygen atoms in total. The van der Waals surface area contributed by atoms with Crippen LogP contribution in [0, 0.1) is 0 Å². The molecule has 2 aromatic carbocycles. The summed E-state index contributed by atoms with van der Waals surface area (Å²) in [5.41, 5.74) is 1.50. The molecule has 32 heavy (non-hydrogen) atoms. The van der Waals surface area contributed by atoms with Gasteiger partial charge in [0.15, 0.2) is 0 Å². The number of amides is 4. The lowest BCUT2D eigenvalue weighted by atomic mass is 10.1. The normalized spacial score (nSPS) is 18.2. The molecule has 2 fully saturated rings. The SMILES string of the molecule is CCN1C(=O)N(c2ccc(C(=O)OCc3ccccc3)cc2)C(=O)C2(SCCCS2)C1=O. The zero-order chi connectivity index (χ0) is 22.7. The fourth-order valence-electron chi connectivity index (χ4n) is 3.55. The molecule has 0 saturated carbocycles. The van der Waals surface area contributed by atoms with Crippen LogP contribution in [0.1, 0.15) is 29.3 Å². The van der Waals surface area contributed by atoms with Crippen LogP contribution in [0.25, 0.3) is 0 Å². The molecule has 4 rings (SSSR count). The number of urea groups is 1. The minimum Gasteiger partial charge on any atom is -0.457 e. The van der Waals surface area contributed by atoms with Crippen LogP contribution in [0.4, 0.5) is 10.5 Å². The number of benzene rings is 2. The van der Waals surface area contributed by atoms with Crippen LogP contribution in [0.5, 0.6) is 0 Å². The van der Waals surface area contributed by atoms with E-state index in [1.165, 1.54) is 47.8 Å². The first-order valence-electron chi connectivity index (χ1n) is 10.3. The van der Waals surface area contributed by atoms with E-state index in [1.54, 1.807) is 6.92 Å². The van der Waals surface area contributed by atoms with Gasteiger partial charge in [0.25, 0.3) is 11.8 Å². The van der Waals surface area contributed by atoms with E-state index < -0.39 is 27.9 Å². The largest absolute Gasteiger partial charge is 0.457 e. The Hall–Kier alpha value is -2.78. The van der Waals surface area contributed by atoms with Gasteiger partial charge in [-0.3, -0.25) is 14.5 Å². The van der Waals surface area contributed by atoms with Crippen molar-refractivity contribution in [2.24, 2.45) is 0 Å². The number of hydrogen-bond donors (Lipinski definition) is 0. The second-order valence-electron chi connectivity index (χ2n) is 7.25. The first-order chi connectivity index (χ1) is 15.5. The summed E-state index contributed by atoms with van der Waals surface area (Å²) in [4.78, 5) is 53.9. The summed E-state index contributed by atoms with van der Waals surface area (Å²) in [7, 11) is 0. The van der Waals surface area contributed by atoms with Gasteiger partial charge >= 0.3 is 12.0 Å². The summed E-state index contributed by atoms with van der Waals surface area (Å²) >= 11 is 2.58. The molecular weight excluding hydrogens is 448 g/mol. The standard InChI is InChI=1S/C23H22N2O5S2/c1-2-24-20(27)23(31-13-6-14-32-23)21(28)25(22(24)29)18-11-9-17(10-12-18)19(26)30-15-16-7-4-3-5-8-16/h3-5,7-12H,2,6,13-15H2,1H3. The van der Waals surface area contributed by atoms with Crippen molar-refractivity contribution in [1.82, 2.24) is 4.90 Å². The Bertz CT molecular complexity index is 1040. The summed E-state index contributed by atoms with van der Waals surface area (Å²) in [6.07, 6.45) is 0.900. The zero-order valence-electron chi connectivity index (χ0n) is 17.5. The van der Waals surface area contributed by atoms with Crippen LogP contribution in [0.15, 0.2) is 54.6 Å². The van der Waals surface area contributed by atoms with Gasteiger partial charge in [0, 0.05) is 6.54 Å². The van der Waals surface area contributed by atoms with Crippen molar-refractivity contribution in [3.63, 3.8) is 0 Å². The molecular formula is C23H22N2O5S2. The Morgan fingerprint density at radius 1 is 0.969 bits per heavy atom. The minimum absolute atomic E-state index is 0.148. The number of carbonyl (C=O) groups is 4. The van der Waals surface area contributed by atoms with Gasteiger partial charge in [0.05, 0.1) is 11.3 Å². The highest BCUT2D eigenvalue weighted by atomic mass is 32.2. The van der Waals surface area contributed by atoms with E-state index in [9.17, 15) is 19.2 Å². The molecule has 0 aromatic heterocycles. The Balaban J connectivity index is 1.55. The van der Waals surface area contributed by atoms with E-state index >= 15 is 0 Å². The van der Waals surface area contributed by atoms with Gasteiger partial charge in [-0.1, -0.05) is 30.3 Å². The van der Waals surface area contributed by atoms with Crippen LogP contribution < -0.4 is 4.90 Å². The number of anilines is 1. The number of imide groups is 2. The Morgan fingerprint density at radius 2 is 1.62 bits per heavy atom. The average molecular weight is 471 g/mol. The highest BCUT2D eigenvalue weighted by molar-refractivity contribution is 8.21. The Labute approximate surface area is 194 Å². The second-order valence-corrected chi connectivity index (χ2v) is 10.1. The van der Waals surface area contributed by atoms with Crippen molar-refractivity contribution in [2.75, 3.05) is 23.0 Å². The molecule has 0 radical (unpaired) electrons. The van der Waals surface area contributed by atoms with Crippen molar-refractivity contribution < 1.29 is 23.9 Å². The maximum absolute atomic E-state index is 13.4. The van der Waals surface area contributed by atoms with Gasteiger partial charge in [-0.05, 0) is 54.7 Å². The van der Waals surface area contributed by atoms with Crippen molar-refractivity contribution in [2.45, 2.75) is 24.0 Å². The number of esters is 1. The summed E-state index contributed by atoms with van der Waals surface area (Å²) in [6.45, 7) is 2.03. The Morgan fingerprint density at radius 3 is 2.25 bits per heavy atom. The van der Waals surface area contributed by atoms with Gasteiger partial charge in [-0.15, -0.1) is 23.5 Å². The molecule has 0 bridgehead atoms. The highest BCUT2D eigenvalue weighted by Crippen LogP contribution is 2.47. The predicted molar refractivity (Wildman–Crippen MR) is 125 cm³/mol. The zero-order valence-corrected chi connectivity index (χ0v) is 19.1. The number of ether oxygens (including phenoxy) is 1. The number of thioether (sulfide) groups is 2. The fraction of sp³-hybridized carbons (Fsp3) is 0.304. The summed E-state index contributed by atoms with van der Waals surface area (Å²) < 4.78 is 4.00. The van der Waals surface area contributed by atoms with Crippen molar-refractivity contribution in [1.29, 1.82) is 0 Å². The lowest BCUT2D eigenvalue weighted by molar-refractivity contribution is -0.135. The molecule has 2 heterocycles. The van der Waals surface area contributed by atoms with E-state index in [4.69, 9.17) is 4.74 Å². The molecule has 0 unspecified atom stereocenters. The maximum Gasteiger partial charge on any atom is 0.338 e. The minimum atomic E-state index is -1.34. The third kappa shape index (κ3) is 4.02. The lowest BCUT2D eigenvalue weighted by Crippen LogP contribution is -2.67. The number of barbiturate groups is 1. The maximum atomic E-state index is 13.4.